The highest BCUT2D eigenvalue weighted by Gasteiger charge is 2.27. The molecule has 0 aromatic heterocycles. The number of carbonyl (C=O) groups is 1. The van der Waals surface area contributed by atoms with Gasteiger partial charge in [0, 0.05) is 25.1 Å². The fourth-order valence-electron chi connectivity index (χ4n) is 2.75. The maximum atomic E-state index is 12.3. The van der Waals surface area contributed by atoms with E-state index in [4.69, 9.17) is 0 Å². The summed E-state index contributed by atoms with van der Waals surface area (Å²) in [6.45, 7) is 2.97. The molecule has 0 bridgehead atoms. The molecule has 1 saturated heterocycles. The summed E-state index contributed by atoms with van der Waals surface area (Å²) in [5.74, 6) is 0.244. The van der Waals surface area contributed by atoms with E-state index in [1.54, 1.807) is 0 Å². The Kier molecular flexibility index (Phi) is 4.60. The largest absolute Gasteiger partial charge is 0.294 e. The van der Waals surface area contributed by atoms with E-state index in [2.05, 4.69) is 0 Å². The Morgan fingerprint density at radius 2 is 2.05 bits per heavy atom. The molecule has 0 N–H and O–H groups in total. The van der Waals surface area contributed by atoms with Gasteiger partial charge in [-0.05, 0) is 31.2 Å². The molecule has 110 valence electrons. The maximum absolute atomic E-state index is 12.3. The van der Waals surface area contributed by atoms with Gasteiger partial charge in [-0.1, -0.05) is 24.3 Å². The lowest BCUT2D eigenvalue weighted by molar-refractivity contribution is 0.0942. The van der Waals surface area contributed by atoms with Crippen molar-refractivity contribution in [3.8, 4) is 0 Å². The molecule has 0 saturated carbocycles. The van der Waals surface area contributed by atoms with Crippen LogP contribution >= 0.6 is 0 Å². The van der Waals surface area contributed by atoms with Gasteiger partial charge in [0.05, 0.1) is 6.26 Å². The van der Waals surface area contributed by atoms with Gasteiger partial charge in [0.1, 0.15) is 0 Å². The lowest BCUT2D eigenvalue weighted by Gasteiger charge is -2.30. The second-order valence-corrected chi connectivity index (χ2v) is 7.55. The molecule has 1 unspecified atom stereocenters. The Bertz CT molecular complexity index is 595. The van der Waals surface area contributed by atoms with Gasteiger partial charge >= 0.3 is 0 Å². The number of hydrogen-bond acceptors (Lipinski definition) is 3. The molecular formula is C15H21NO3S. The molecule has 1 aliphatic heterocycles. The summed E-state index contributed by atoms with van der Waals surface area (Å²) >= 11 is 0. The number of aryl methyl sites for hydroxylation is 1. The smallest absolute Gasteiger partial charge is 0.211 e. The molecule has 0 amide bonds. The SMILES string of the molecule is Cc1ccccc1C(=O)CC1CCCN(S(C)(=O)=O)C1. The van der Waals surface area contributed by atoms with E-state index < -0.39 is 10.0 Å². The first-order chi connectivity index (χ1) is 9.38. The minimum Gasteiger partial charge on any atom is -0.294 e. The fraction of sp³-hybridized carbons (Fsp3) is 0.533. The van der Waals surface area contributed by atoms with E-state index >= 15 is 0 Å². The normalized spacial score (nSPS) is 20.8. The summed E-state index contributed by atoms with van der Waals surface area (Å²) in [7, 11) is -3.15. The van der Waals surface area contributed by atoms with Gasteiger partial charge in [0.15, 0.2) is 5.78 Å². The fourth-order valence-corrected chi connectivity index (χ4v) is 3.69. The number of sulfonamides is 1. The van der Waals surface area contributed by atoms with Crippen LogP contribution in [-0.4, -0.2) is 37.9 Å². The van der Waals surface area contributed by atoms with E-state index in [-0.39, 0.29) is 11.7 Å². The minimum absolute atomic E-state index is 0.114. The topological polar surface area (TPSA) is 54.5 Å². The molecule has 2 rings (SSSR count). The van der Waals surface area contributed by atoms with Gasteiger partial charge in [-0.2, -0.15) is 0 Å². The number of piperidine rings is 1. The molecule has 0 spiro atoms. The summed E-state index contributed by atoms with van der Waals surface area (Å²) in [4.78, 5) is 12.3. The van der Waals surface area contributed by atoms with Crippen LogP contribution in [0, 0.1) is 12.8 Å². The first-order valence-electron chi connectivity index (χ1n) is 6.92. The third-order valence-electron chi connectivity index (χ3n) is 3.87. The highest BCUT2D eigenvalue weighted by atomic mass is 32.2. The number of ketones is 1. The molecule has 1 heterocycles. The molecule has 4 nitrogen and oxygen atoms in total. The van der Waals surface area contributed by atoms with Crippen LogP contribution in [0.3, 0.4) is 0 Å². The summed E-state index contributed by atoms with van der Waals surface area (Å²) in [5.41, 5.74) is 1.73. The number of nitrogens with zero attached hydrogens (tertiary/aromatic N) is 1. The van der Waals surface area contributed by atoms with Crippen LogP contribution in [0.15, 0.2) is 24.3 Å². The molecular weight excluding hydrogens is 274 g/mol. The molecule has 1 aromatic rings. The third-order valence-corrected chi connectivity index (χ3v) is 5.14. The van der Waals surface area contributed by atoms with Crippen molar-refractivity contribution in [3.63, 3.8) is 0 Å². The quantitative estimate of drug-likeness (QED) is 0.801. The molecule has 1 aromatic carbocycles. The van der Waals surface area contributed by atoms with Crippen molar-refractivity contribution in [3.05, 3.63) is 35.4 Å². The second kappa shape index (κ2) is 6.06. The van der Waals surface area contributed by atoms with Gasteiger partial charge in [0.2, 0.25) is 10.0 Å². The third kappa shape index (κ3) is 3.67. The van der Waals surface area contributed by atoms with E-state index in [1.807, 2.05) is 31.2 Å². The zero-order valence-corrected chi connectivity index (χ0v) is 12.8. The van der Waals surface area contributed by atoms with Crippen molar-refractivity contribution in [2.24, 2.45) is 5.92 Å². The zero-order valence-electron chi connectivity index (χ0n) is 12.0. The van der Waals surface area contributed by atoms with Crippen molar-refractivity contribution in [1.29, 1.82) is 0 Å². The van der Waals surface area contributed by atoms with E-state index in [1.165, 1.54) is 10.6 Å². The Balaban J connectivity index is 2.03. The van der Waals surface area contributed by atoms with Crippen LogP contribution in [-0.2, 0) is 10.0 Å². The molecule has 1 atom stereocenters. The van der Waals surface area contributed by atoms with E-state index in [9.17, 15) is 13.2 Å². The van der Waals surface area contributed by atoms with Gasteiger partial charge in [0.25, 0.3) is 0 Å². The molecule has 0 radical (unpaired) electrons. The second-order valence-electron chi connectivity index (χ2n) is 5.57. The Morgan fingerprint density at radius 1 is 1.35 bits per heavy atom. The Labute approximate surface area is 120 Å². The van der Waals surface area contributed by atoms with Crippen molar-refractivity contribution in [1.82, 2.24) is 4.31 Å². The van der Waals surface area contributed by atoms with E-state index in [0.29, 0.717) is 19.5 Å². The van der Waals surface area contributed by atoms with Crippen LogP contribution < -0.4 is 0 Å². The number of hydrogen-bond donors (Lipinski definition) is 0. The first-order valence-corrected chi connectivity index (χ1v) is 8.76. The van der Waals surface area contributed by atoms with Gasteiger partial charge in [-0.15, -0.1) is 0 Å². The molecule has 0 aliphatic carbocycles. The van der Waals surface area contributed by atoms with Crippen LogP contribution in [0.1, 0.15) is 35.2 Å². The van der Waals surface area contributed by atoms with Crippen molar-refractivity contribution >= 4 is 15.8 Å². The molecule has 1 aliphatic rings. The molecule has 1 fully saturated rings. The summed E-state index contributed by atoms with van der Waals surface area (Å²) in [6, 6.07) is 7.55. The molecule has 5 heteroatoms. The highest BCUT2D eigenvalue weighted by molar-refractivity contribution is 7.88. The van der Waals surface area contributed by atoms with Crippen LogP contribution in [0.25, 0.3) is 0 Å². The number of Topliss-reactive ketones (excluding diaryl/α,β-unsaturated/α-hetero) is 1. The lowest BCUT2D eigenvalue weighted by atomic mass is 9.91. The highest BCUT2D eigenvalue weighted by Crippen LogP contribution is 2.23. The Morgan fingerprint density at radius 3 is 2.70 bits per heavy atom. The van der Waals surface area contributed by atoms with Gasteiger partial charge in [-0.25, -0.2) is 12.7 Å². The Hall–Kier alpha value is -1.20. The predicted octanol–water partition coefficient (Wildman–Crippen LogP) is 2.24. The average molecular weight is 295 g/mol. The predicted molar refractivity (Wildman–Crippen MR) is 79.3 cm³/mol. The molecule has 20 heavy (non-hydrogen) atoms. The van der Waals surface area contributed by atoms with Crippen LogP contribution in [0.4, 0.5) is 0 Å². The van der Waals surface area contributed by atoms with Crippen molar-refractivity contribution in [2.75, 3.05) is 19.3 Å². The zero-order chi connectivity index (χ0) is 14.8. The summed E-state index contributed by atoms with van der Waals surface area (Å²) in [6.07, 6.45) is 3.41. The lowest BCUT2D eigenvalue weighted by Crippen LogP contribution is -2.39. The van der Waals surface area contributed by atoms with Crippen molar-refractivity contribution in [2.45, 2.75) is 26.2 Å². The van der Waals surface area contributed by atoms with E-state index in [0.717, 1.165) is 24.0 Å². The minimum atomic E-state index is -3.15. The van der Waals surface area contributed by atoms with Gasteiger partial charge in [-0.3, -0.25) is 4.79 Å². The van der Waals surface area contributed by atoms with Gasteiger partial charge < -0.3 is 0 Å². The number of carbonyl (C=O) groups excluding carboxylic acids is 1. The van der Waals surface area contributed by atoms with Crippen LogP contribution in [0.5, 0.6) is 0 Å². The number of benzene rings is 1. The summed E-state index contributed by atoms with van der Waals surface area (Å²) < 4.78 is 24.7. The first kappa shape index (κ1) is 15.2. The number of rotatable bonds is 4. The van der Waals surface area contributed by atoms with Crippen molar-refractivity contribution < 1.29 is 13.2 Å². The monoisotopic (exact) mass is 295 g/mol. The van der Waals surface area contributed by atoms with Crippen LogP contribution in [0.2, 0.25) is 0 Å². The summed E-state index contributed by atoms with van der Waals surface area (Å²) in [5, 5.41) is 0. The maximum Gasteiger partial charge on any atom is 0.211 e. The standard InChI is InChI=1S/C15H21NO3S/c1-12-6-3-4-8-14(12)15(17)10-13-7-5-9-16(11-13)20(2,18)19/h3-4,6,8,13H,5,7,9-11H2,1-2H3. The average Bonchev–Trinajstić information content (AvgIpc) is 2.38.